The van der Waals surface area contributed by atoms with Crippen LogP contribution in [0.25, 0.3) is 0 Å². The molecular weight excluding hydrogens is 258 g/mol. The third-order valence-electron chi connectivity index (χ3n) is 3.51. The van der Waals surface area contributed by atoms with Crippen LogP contribution >= 0.6 is 11.3 Å². The van der Waals surface area contributed by atoms with Gasteiger partial charge in [-0.05, 0) is 25.0 Å². The van der Waals surface area contributed by atoms with E-state index in [0.29, 0.717) is 0 Å². The molecule has 2 unspecified atom stereocenters. The monoisotopic (exact) mass is 275 g/mol. The molecule has 1 saturated carbocycles. The van der Waals surface area contributed by atoms with E-state index in [-0.39, 0.29) is 12.0 Å². The number of rotatable bonds is 3. The number of aromatic nitrogens is 2. The van der Waals surface area contributed by atoms with Gasteiger partial charge in [-0.2, -0.15) is 0 Å². The van der Waals surface area contributed by atoms with Crippen LogP contribution in [0, 0.1) is 0 Å². The molecule has 0 amide bonds. The van der Waals surface area contributed by atoms with Crippen molar-refractivity contribution in [2.45, 2.75) is 37.7 Å². The quantitative estimate of drug-likeness (QED) is 0.902. The fraction of sp³-hybridized carbons (Fsp3) is 0.429. The minimum atomic E-state index is -0.258. The number of nitrogens with one attached hydrogen (secondary N) is 1. The molecule has 1 aromatic heterocycles. The summed E-state index contributed by atoms with van der Waals surface area (Å²) in [6, 6.07) is 9.94. The van der Waals surface area contributed by atoms with E-state index in [2.05, 4.69) is 15.5 Å². The molecule has 0 saturated heterocycles. The van der Waals surface area contributed by atoms with Gasteiger partial charge in [-0.15, -0.1) is 10.2 Å². The van der Waals surface area contributed by atoms with Crippen LogP contribution < -0.4 is 5.32 Å². The molecule has 1 aliphatic rings. The number of aliphatic hydroxyl groups is 1. The van der Waals surface area contributed by atoms with Crippen LogP contribution in [0.2, 0.25) is 0 Å². The highest BCUT2D eigenvalue weighted by Gasteiger charge is 2.27. The molecule has 100 valence electrons. The van der Waals surface area contributed by atoms with Crippen molar-refractivity contribution in [3.63, 3.8) is 0 Å². The molecule has 1 aromatic carbocycles. The van der Waals surface area contributed by atoms with Crippen LogP contribution in [-0.2, 0) is 0 Å². The van der Waals surface area contributed by atoms with Gasteiger partial charge in [0.15, 0.2) is 0 Å². The smallest absolute Gasteiger partial charge is 0.210 e. The van der Waals surface area contributed by atoms with E-state index in [1.54, 1.807) is 11.3 Å². The number of anilines is 2. The first-order valence-electron chi connectivity index (χ1n) is 6.66. The van der Waals surface area contributed by atoms with E-state index < -0.39 is 0 Å². The average molecular weight is 275 g/mol. The molecule has 3 rings (SSSR count). The van der Waals surface area contributed by atoms with Crippen LogP contribution in [0.5, 0.6) is 0 Å². The molecule has 2 N–H and O–H groups in total. The predicted molar refractivity (Wildman–Crippen MR) is 76.8 cm³/mol. The molecule has 1 fully saturated rings. The van der Waals surface area contributed by atoms with Gasteiger partial charge in [0.25, 0.3) is 0 Å². The van der Waals surface area contributed by atoms with Crippen molar-refractivity contribution in [3.05, 3.63) is 35.3 Å². The van der Waals surface area contributed by atoms with Crippen molar-refractivity contribution in [3.8, 4) is 0 Å². The lowest BCUT2D eigenvalue weighted by Gasteiger charge is -2.25. The maximum absolute atomic E-state index is 10.0. The normalized spacial score (nSPS) is 23.2. The zero-order chi connectivity index (χ0) is 13.1. The van der Waals surface area contributed by atoms with Crippen molar-refractivity contribution in [1.29, 1.82) is 0 Å². The highest BCUT2D eigenvalue weighted by atomic mass is 32.1. The zero-order valence-corrected chi connectivity index (χ0v) is 11.4. The van der Waals surface area contributed by atoms with Gasteiger partial charge in [0.05, 0.1) is 6.10 Å². The molecule has 0 bridgehead atoms. The molecule has 2 aromatic rings. The van der Waals surface area contributed by atoms with Crippen molar-refractivity contribution in [2.24, 2.45) is 0 Å². The molecule has 0 radical (unpaired) electrons. The minimum Gasteiger partial charge on any atom is -0.392 e. The molecule has 2 atom stereocenters. The number of hydrogen-bond donors (Lipinski definition) is 2. The van der Waals surface area contributed by atoms with Crippen molar-refractivity contribution in [1.82, 2.24) is 10.2 Å². The SMILES string of the molecule is OC1CCCCC1c1nnc(Nc2ccccc2)s1. The first-order chi connectivity index (χ1) is 9.33. The fourth-order valence-corrected chi connectivity index (χ4v) is 3.44. The summed E-state index contributed by atoms with van der Waals surface area (Å²) in [6.45, 7) is 0. The van der Waals surface area contributed by atoms with Crippen LogP contribution in [0.15, 0.2) is 30.3 Å². The second-order valence-electron chi connectivity index (χ2n) is 4.89. The molecule has 4 nitrogen and oxygen atoms in total. The van der Waals surface area contributed by atoms with Gasteiger partial charge in [-0.1, -0.05) is 42.4 Å². The second-order valence-corrected chi connectivity index (χ2v) is 5.90. The zero-order valence-electron chi connectivity index (χ0n) is 10.6. The fourth-order valence-electron chi connectivity index (χ4n) is 2.48. The number of aliphatic hydroxyl groups excluding tert-OH is 1. The Labute approximate surface area is 116 Å². The summed E-state index contributed by atoms with van der Waals surface area (Å²) in [5.41, 5.74) is 1.01. The van der Waals surface area contributed by atoms with Gasteiger partial charge < -0.3 is 10.4 Å². The van der Waals surface area contributed by atoms with Gasteiger partial charge >= 0.3 is 0 Å². The van der Waals surface area contributed by atoms with E-state index >= 15 is 0 Å². The Balaban J connectivity index is 1.72. The summed E-state index contributed by atoms with van der Waals surface area (Å²) in [5, 5.41) is 23.4. The molecule has 0 spiro atoms. The average Bonchev–Trinajstić information content (AvgIpc) is 2.89. The molecule has 1 heterocycles. The summed E-state index contributed by atoms with van der Waals surface area (Å²) < 4.78 is 0. The highest BCUT2D eigenvalue weighted by Crippen LogP contribution is 2.36. The molecule has 1 aliphatic carbocycles. The van der Waals surface area contributed by atoms with Gasteiger partial charge in [-0.25, -0.2) is 0 Å². The second kappa shape index (κ2) is 5.67. The minimum absolute atomic E-state index is 0.164. The summed E-state index contributed by atoms with van der Waals surface area (Å²) in [6.07, 6.45) is 3.92. The topological polar surface area (TPSA) is 58.0 Å². The Morgan fingerprint density at radius 3 is 2.68 bits per heavy atom. The van der Waals surface area contributed by atoms with Gasteiger partial charge in [0, 0.05) is 11.6 Å². The van der Waals surface area contributed by atoms with Gasteiger partial charge in [0.2, 0.25) is 5.13 Å². The number of benzene rings is 1. The third-order valence-corrected chi connectivity index (χ3v) is 4.48. The summed E-state index contributed by atoms with van der Waals surface area (Å²) in [7, 11) is 0. The maximum atomic E-state index is 10.0. The summed E-state index contributed by atoms with van der Waals surface area (Å²) in [5.74, 6) is 0.164. The van der Waals surface area contributed by atoms with E-state index in [0.717, 1.165) is 35.1 Å². The number of nitrogens with zero attached hydrogens (tertiary/aromatic N) is 2. The summed E-state index contributed by atoms with van der Waals surface area (Å²) >= 11 is 1.54. The van der Waals surface area contributed by atoms with Crippen molar-refractivity contribution in [2.75, 3.05) is 5.32 Å². The van der Waals surface area contributed by atoms with E-state index in [9.17, 15) is 5.11 Å². The standard InChI is InChI=1S/C14H17N3OS/c18-12-9-5-4-8-11(12)13-16-17-14(19-13)15-10-6-2-1-3-7-10/h1-3,6-7,11-12,18H,4-5,8-9H2,(H,15,17). The Kier molecular flexibility index (Phi) is 3.75. The Morgan fingerprint density at radius 1 is 1.11 bits per heavy atom. The van der Waals surface area contributed by atoms with E-state index in [4.69, 9.17) is 0 Å². The van der Waals surface area contributed by atoms with E-state index in [1.165, 1.54) is 6.42 Å². The van der Waals surface area contributed by atoms with E-state index in [1.807, 2.05) is 30.3 Å². The third kappa shape index (κ3) is 2.93. The van der Waals surface area contributed by atoms with Crippen LogP contribution in [-0.4, -0.2) is 21.4 Å². The predicted octanol–water partition coefficient (Wildman–Crippen LogP) is 3.30. The molecule has 19 heavy (non-hydrogen) atoms. The first kappa shape index (κ1) is 12.6. The molecule has 0 aliphatic heterocycles. The lowest BCUT2D eigenvalue weighted by Crippen LogP contribution is -2.22. The lowest BCUT2D eigenvalue weighted by atomic mass is 9.87. The number of para-hydroxylation sites is 1. The maximum Gasteiger partial charge on any atom is 0.210 e. The van der Waals surface area contributed by atoms with Crippen molar-refractivity contribution >= 4 is 22.2 Å². The molecule has 5 heteroatoms. The van der Waals surface area contributed by atoms with Gasteiger partial charge in [0.1, 0.15) is 5.01 Å². The largest absolute Gasteiger partial charge is 0.392 e. The van der Waals surface area contributed by atoms with Crippen LogP contribution in [0.3, 0.4) is 0 Å². The molecular formula is C14H17N3OS. The Morgan fingerprint density at radius 2 is 1.89 bits per heavy atom. The van der Waals surface area contributed by atoms with Gasteiger partial charge in [-0.3, -0.25) is 0 Å². The highest BCUT2D eigenvalue weighted by molar-refractivity contribution is 7.15. The van der Waals surface area contributed by atoms with Crippen molar-refractivity contribution < 1.29 is 5.11 Å². The Hall–Kier alpha value is -1.46. The van der Waals surface area contributed by atoms with Crippen LogP contribution in [0.4, 0.5) is 10.8 Å². The Bertz CT molecular complexity index is 528. The van der Waals surface area contributed by atoms with Crippen LogP contribution in [0.1, 0.15) is 36.6 Å². The lowest BCUT2D eigenvalue weighted by molar-refractivity contribution is 0.106. The summed E-state index contributed by atoms with van der Waals surface area (Å²) in [4.78, 5) is 0. The first-order valence-corrected chi connectivity index (χ1v) is 7.48. The number of hydrogen-bond acceptors (Lipinski definition) is 5.